The predicted molar refractivity (Wildman–Crippen MR) is 81.0 cm³/mol. The van der Waals surface area contributed by atoms with Gasteiger partial charge in [-0.3, -0.25) is 0 Å². The van der Waals surface area contributed by atoms with Crippen molar-refractivity contribution in [1.29, 1.82) is 0 Å². The van der Waals surface area contributed by atoms with Crippen molar-refractivity contribution >= 4 is 15.9 Å². The average Bonchev–Trinajstić information content (AvgIpc) is 2.85. The summed E-state index contributed by atoms with van der Waals surface area (Å²) in [6.07, 6.45) is 3.57. The van der Waals surface area contributed by atoms with Gasteiger partial charge in [0.2, 0.25) is 0 Å². The van der Waals surface area contributed by atoms with Crippen molar-refractivity contribution in [2.24, 2.45) is 7.05 Å². The van der Waals surface area contributed by atoms with E-state index in [2.05, 4.69) is 38.4 Å². The van der Waals surface area contributed by atoms with Gasteiger partial charge in [-0.15, -0.1) is 5.10 Å². The lowest BCUT2D eigenvalue weighted by Crippen LogP contribution is -2.03. The minimum absolute atomic E-state index is 0.485. The number of hydrogen-bond acceptors (Lipinski definition) is 4. The van der Waals surface area contributed by atoms with Crippen molar-refractivity contribution in [3.63, 3.8) is 0 Å². The first-order valence-electron chi connectivity index (χ1n) is 6.83. The smallest absolute Gasteiger partial charge is 0.182 e. The third-order valence-electron chi connectivity index (χ3n) is 3.32. The summed E-state index contributed by atoms with van der Waals surface area (Å²) in [6.45, 7) is 2.16. The van der Waals surface area contributed by atoms with E-state index < -0.39 is 6.10 Å². The van der Waals surface area contributed by atoms with Crippen LogP contribution >= 0.6 is 15.9 Å². The molecule has 0 fully saturated rings. The van der Waals surface area contributed by atoms with Crippen LogP contribution in [-0.4, -0.2) is 25.3 Å². The van der Waals surface area contributed by atoms with Gasteiger partial charge in [-0.25, -0.2) is 4.68 Å². The summed E-state index contributed by atoms with van der Waals surface area (Å²) >= 11 is 3.46. The largest absolute Gasteiger partial charge is 0.388 e. The number of benzene rings is 1. The molecule has 5 nitrogen and oxygen atoms in total. The van der Waals surface area contributed by atoms with Gasteiger partial charge in [0.25, 0.3) is 0 Å². The number of tetrazole rings is 1. The Balaban J connectivity index is 2.31. The highest BCUT2D eigenvalue weighted by molar-refractivity contribution is 9.10. The van der Waals surface area contributed by atoms with Crippen LogP contribution in [0, 0.1) is 0 Å². The van der Waals surface area contributed by atoms with Crippen LogP contribution < -0.4 is 0 Å². The van der Waals surface area contributed by atoms with E-state index in [0.717, 1.165) is 41.3 Å². The molecule has 1 aromatic heterocycles. The molecule has 0 amide bonds. The van der Waals surface area contributed by atoms with Crippen LogP contribution in [0.2, 0.25) is 0 Å². The number of aromatic nitrogens is 4. The zero-order chi connectivity index (χ0) is 14.5. The summed E-state index contributed by atoms with van der Waals surface area (Å²) in [7, 11) is 1.80. The summed E-state index contributed by atoms with van der Waals surface area (Å²) in [5, 5.41) is 22.0. The van der Waals surface area contributed by atoms with E-state index in [4.69, 9.17) is 0 Å². The molecule has 2 rings (SSSR count). The number of aliphatic hydroxyl groups is 1. The lowest BCUT2D eigenvalue weighted by molar-refractivity contribution is 0.164. The molecule has 6 heteroatoms. The fourth-order valence-corrected chi connectivity index (χ4v) is 2.57. The SMILES string of the molecule is CCCCCC(O)c1ccc(Br)cc1-c1nnnn1C. The molecule has 1 heterocycles. The van der Waals surface area contributed by atoms with Crippen molar-refractivity contribution in [3.8, 4) is 11.4 Å². The molecule has 0 aliphatic heterocycles. The Morgan fingerprint density at radius 3 is 2.80 bits per heavy atom. The standard InChI is InChI=1S/C14H19BrN4O/c1-3-4-5-6-13(20)11-8-7-10(15)9-12(11)14-16-17-18-19(14)2/h7-9,13,20H,3-6H2,1-2H3. The molecule has 20 heavy (non-hydrogen) atoms. The molecular weight excluding hydrogens is 320 g/mol. The molecule has 2 aromatic rings. The third-order valence-corrected chi connectivity index (χ3v) is 3.81. The second kappa shape index (κ2) is 6.95. The van der Waals surface area contributed by atoms with Crippen molar-refractivity contribution in [3.05, 3.63) is 28.2 Å². The molecule has 108 valence electrons. The quantitative estimate of drug-likeness (QED) is 0.821. The summed E-state index contributed by atoms with van der Waals surface area (Å²) in [5.74, 6) is 0.663. The first-order chi connectivity index (χ1) is 9.63. The fourth-order valence-electron chi connectivity index (χ4n) is 2.21. The Morgan fingerprint density at radius 1 is 1.35 bits per heavy atom. The molecule has 0 bridgehead atoms. The van der Waals surface area contributed by atoms with Crippen LogP contribution in [-0.2, 0) is 7.05 Å². The number of rotatable bonds is 6. The van der Waals surface area contributed by atoms with Crippen LogP contribution in [0.1, 0.15) is 44.3 Å². The van der Waals surface area contributed by atoms with Crippen LogP contribution in [0.25, 0.3) is 11.4 Å². The number of nitrogens with zero attached hydrogens (tertiary/aromatic N) is 4. The van der Waals surface area contributed by atoms with Gasteiger partial charge in [0.05, 0.1) is 6.10 Å². The lowest BCUT2D eigenvalue weighted by atomic mass is 9.97. The van der Waals surface area contributed by atoms with E-state index >= 15 is 0 Å². The van der Waals surface area contributed by atoms with E-state index in [9.17, 15) is 5.11 Å². The van der Waals surface area contributed by atoms with E-state index in [-0.39, 0.29) is 0 Å². The van der Waals surface area contributed by atoms with Crippen molar-refractivity contribution in [2.45, 2.75) is 38.7 Å². The fraction of sp³-hybridized carbons (Fsp3) is 0.500. The Hall–Kier alpha value is -1.27. The second-order valence-electron chi connectivity index (χ2n) is 4.87. The second-order valence-corrected chi connectivity index (χ2v) is 5.78. The first kappa shape index (κ1) is 15.1. The van der Waals surface area contributed by atoms with Gasteiger partial charge in [-0.1, -0.05) is 48.2 Å². The third kappa shape index (κ3) is 3.43. The van der Waals surface area contributed by atoms with Gasteiger partial charge >= 0.3 is 0 Å². The monoisotopic (exact) mass is 338 g/mol. The van der Waals surface area contributed by atoms with E-state index in [1.165, 1.54) is 0 Å². The minimum Gasteiger partial charge on any atom is -0.388 e. The maximum absolute atomic E-state index is 10.4. The molecular formula is C14H19BrN4O. The van der Waals surface area contributed by atoms with Crippen molar-refractivity contribution in [2.75, 3.05) is 0 Å². The van der Waals surface area contributed by atoms with Crippen molar-refractivity contribution in [1.82, 2.24) is 20.2 Å². The maximum Gasteiger partial charge on any atom is 0.182 e. The minimum atomic E-state index is -0.485. The Labute approximate surface area is 127 Å². The van der Waals surface area contributed by atoms with Gasteiger partial charge in [0.15, 0.2) is 5.82 Å². The van der Waals surface area contributed by atoms with Gasteiger partial charge < -0.3 is 5.11 Å². The van der Waals surface area contributed by atoms with E-state index in [1.54, 1.807) is 11.7 Å². The summed E-state index contributed by atoms with van der Waals surface area (Å²) < 4.78 is 2.56. The van der Waals surface area contributed by atoms with Gasteiger partial charge in [0.1, 0.15) is 0 Å². The Morgan fingerprint density at radius 2 is 2.15 bits per heavy atom. The molecule has 1 aromatic carbocycles. The Kier molecular flexibility index (Phi) is 5.25. The zero-order valence-electron chi connectivity index (χ0n) is 11.8. The maximum atomic E-state index is 10.4. The van der Waals surface area contributed by atoms with Gasteiger partial charge in [0, 0.05) is 17.1 Å². The van der Waals surface area contributed by atoms with Crippen LogP contribution in [0.3, 0.4) is 0 Å². The average molecular weight is 339 g/mol. The van der Waals surface area contributed by atoms with Crippen LogP contribution in [0.15, 0.2) is 22.7 Å². The van der Waals surface area contributed by atoms with Crippen LogP contribution in [0.4, 0.5) is 0 Å². The van der Waals surface area contributed by atoms with Gasteiger partial charge in [-0.2, -0.15) is 0 Å². The highest BCUT2D eigenvalue weighted by Gasteiger charge is 2.17. The molecule has 0 aliphatic carbocycles. The summed E-state index contributed by atoms with van der Waals surface area (Å²) in [4.78, 5) is 0. The highest BCUT2D eigenvalue weighted by Crippen LogP contribution is 2.31. The topological polar surface area (TPSA) is 63.8 Å². The van der Waals surface area contributed by atoms with E-state index in [0.29, 0.717) is 5.82 Å². The zero-order valence-corrected chi connectivity index (χ0v) is 13.3. The number of unbranched alkanes of at least 4 members (excludes halogenated alkanes) is 2. The highest BCUT2D eigenvalue weighted by atomic mass is 79.9. The van der Waals surface area contributed by atoms with Crippen molar-refractivity contribution < 1.29 is 5.11 Å². The van der Waals surface area contributed by atoms with E-state index in [1.807, 2.05) is 18.2 Å². The summed E-state index contributed by atoms with van der Waals surface area (Å²) in [6, 6.07) is 5.82. The number of aliphatic hydroxyl groups excluding tert-OH is 1. The normalized spacial score (nSPS) is 12.6. The Bertz CT molecular complexity index is 570. The molecule has 1 N–H and O–H groups in total. The molecule has 0 aliphatic rings. The summed E-state index contributed by atoms with van der Waals surface area (Å²) in [5.41, 5.74) is 1.75. The molecule has 0 saturated carbocycles. The molecule has 1 atom stereocenters. The first-order valence-corrected chi connectivity index (χ1v) is 7.63. The predicted octanol–water partition coefficient (Wildman–Crippen LogP) is 3.25. The van der Waals surface area contributed by atoms with Gasteiger partial charge in [-0.05, 0) is 34.5 Å². The molecule has 0 radical (unpaired) electrons. The molecule has 0 spiro atoms. The molecule has 1 unspecified atom stereocenters. The number of aryl methyl sites for hydroxylation is 1. The number of halogens is 1. The van der Waals surface area contributed by atoms with Crippen LogP contribution in [0.5, 0.6) is 0 Å². The lowest BCUT2D eigenvalue weighted by Gasteiger charge is -2.15. The number of hydrogen-bond donors (Lipinski definition) is 1. The molecule has 0 saturated heterocycles.